The van der Waals surface area contributed by atoms with Gasteiger partial charge >= 0.3 is 0 Å². The fourth-order valence-corrected chi connectivity index (χ4v) is 3.24. The second-order valence-electron chi connectivity index (χ2n) is 6.02. The van der Waals surface area contributed by atoms with Gasteiger partial charge < -0.3 is 10.2 Å². The van der Waals surface area contributed by atoms with E-state index < -0.39 is 0 Å². The third-order valence-electron chi connectivity index (χ3n) is 3.88. The average Bonchev–Trinajstić information content (AvgIpc) is 2.46. The highest BCUT2D eigenvalue weighted by molar-refractivity contribution is 9.10. The third kappa shape index (κ3) is 3.77. The highest BCUT2D eigenvalue weighted by atomic mass is 79.9. The molecule has 3 rings (SSSR count). The van der Waals surface area contributed by atoms with Gasteiger partial charge in [-0.2, -0.15) is 4.98 Å². The van der Waals surface area contributed by atoms with E-state index in [0.29, 0.717) is 5.92 Å². The van der Waals surface area contributed by atoms with Crippen molar-refractivity contribution in [3.8, 4) is 0 Å². The maximum atomic E-state index is 4.71. The number of anilines is 3. The van der Waals surface area contributed by atoms with Crippen molar-refractivity contribution < 1.29 is 0 Å². The van der Waals surface area contributed by atoms with Gasteiger partial charge in [0, 0.05) is 35.0 Å². The first kappa shape index (κ1) is 15.3. The molecular weight excluding hydrogens is 340 g/mol. The molecule has 1 aromatic carbocycles. The Balaban J connectivity index is 1.83. The summed E-state index contributed by atoms with van der Waals surface area (Å²) < 4.78 is 1.05. The van der Waals surface area contributed by atoms with Gasteiger partial charge in [0.1, 0.15) is 5.82 Å². The monoisotopic (exact) mass is 360 g/mol. The lowest BCUT2D eigenvalue weighted by molar-refractivity contribution is 0.442. The summed E-state index contributed by atoms with van der Waals surface area (Å²) in [5.41, 5.74) is 2.01. The van der Waals surface area contributed by atoms with Gasteiger partial charge in [-0.05, 0) is 43.9 Å². The molecule has 4 nitrogen and oxygen atoms in total. The Kier molecular flexibility index (Phi) is 4.62. The maximum absolute atomic E-state index is 4.71. The molecule has 5 heteroatoms. The molecule has 2 aromatic rings. The second kappa shape index (κ2) is 6.65. The molecule has 1 aromatic heterocycles. The van der Waals surface area contributed by atoms with Crippen molar-refractivity contribution in [2.24, 2.45) is 5.92 Å². The Morgan fingerprint density at radius 2 is 2.14 bits per heavy atom. The first-order valence-electron chi connectivity index (χ1n) is 7.73. The van der Waals surface area contributed by atoms with Crippen molar-refractivity contribution in [2.45, 2.75) is 26.7 Å². The van der Waals surface area contributed by atoms with Gasteiger partial charge in [0.05, 0.1) is 0 Å². The number of nitrogens with one attached hydrogen (secondary N) is 1. The lowest BCUT2D eigenvalue weighted by Crippen LogP contribution is -2.35. The van der Waals surface area contributed by atoms with E-state index in [1.165, 1.54) is 12.8 Å². The summed E-state index contributed by atoms with van der Waals surface area (Å²) in [6, 6.07) is 10.1. The highest BCUT2D eigenvalue weighted by Gasteiger charge is 2.19. The van der Waals surface area contributed by atoms with Gasteiger partial charge in [0.25, 0.3) is 0 Å². The van der Waals surface area contributed by atoms with Crippen LogP contribution >= 0.6 is 15.9 Å². The first-order valence-corrected chi connectivity index (χ1v) is 8.53. The summed E-state index contributed by atoms with van der Waals surface area (Å²) in [5, 5.41) is 3.37. The van der Waals surface area contributed by atoms with E-state index in [2.05, 4.69) is 38.1 Å². The lowest BCUT2D eigenvalue weighted by Gasteiger charge is -2.31. The number of aryl methyl sites for hydroxylation is 1. The minimum Gasteiger partial charge on any atom is -0.340 e. The molecule has 1 saturated heterocycles. The van der Waals surface area contributed by atoms with Crippen LogP contribution in [0.4, 0.5) is 17.5 Å². The minimum absolute atomic E-state index is 0.708. The molecule has 1 aliphatic heterocycles. The fourth-order valence-electron chi connectivity index (χ4n) is 2.84. The van der Waals surface area contributed by atoms with Gasteiger partial charge in [0.2, 0.25) is 5.95 Å². The number of rotatable bonds is 3. The number of aromatic nitrogens is 2. The van der Waals surface area contributed by atoms with Crippen molar-refractivity contribution in [1.29, 1.82) is 0 Å². The van der Waals surface area contributed by atoms with Crippen molar-refractivity contribution in [3.63, 3.8) is 0 Å². The molecule has 0 amide bonds. The number of halogens is 1. The van der Waals surface area contributed by atoms with Crippen molar-refractivity contribution in [1.82, 2.24) is 9.97 Å². The van der Waals surface area contributed by atoms with Crippen LogP contribution in [0.15, 0.2) is 34.8 Å². The Bertz CT molecular complexity index is 659. The number of piperidine rings is 1. The number of hydrogen-bond acceptors (Lipinski definition) is 4. The van der Waals surface area contributed by atoms with Gasteiger partial charge in [-0.15, -0.1) is 0 Å². The zero-order chi connectivity index (χ0) is 15.5. The van der Waals surface area contributed by atoms with Crippen LogP contribution in [0, 0.1) is 12.8 Å². The minimum atomic E-state index is 0.708. The number of benzene rings is 1. The predicted octanol–water partition coefficient (Wildman–Crippen LogP) is 4.53. The van der Waals surface area contributed by atoms with Gasteiger partial charge in [-0.25, -0.2) is 4.98 Å². The normalized spacial score (nSPS) is 18.3. The van der Waals surface area contributed by atoms with Crippen LogP contribution in [0.1, 0.15) is 25.5 Å². The molecule has 0 radical (unpaired) electrons. The zero-order valence-electron chi connectivity index (χ0n) is 13.0. The third-order valence-corrected chi connectivity index (χ3v) is 4.37. The Hall–Kier alpha value is -1.62. The summed E-state index contributed by atoms with van der Waals surface area (Å²) in [7, 11) is 0. The summed E-state index contributed by atoms with van der Waals surface area (Å²) in [6.07, 6.45) is 2.51. The lowest BCUT2D eigenvalue weighted by atomic mass is 10.0. The molecule has 116 valence electrons. The smallest absolute Gasteiger partial charge is 0.227 e. The Labute approximate surface area is 140 Å². The van der Waals surface area contributed by atoms with E-state index in [1.807, 2.05) is 37.3 Å². The molecule has 22 heavy (non-hydrogen) atoms. The van der Waals surface area contributed by atoms with Gasteiger partial charge in [0.15, 0.2) is 0 Å². The molecule has 1 aliphatic rings. The Morgan fingerprint density at radius 3 is 2.91 bits per heavy atom. The predicted molar refractivity (Wildman–Crippen MR) is 94.8 cm³/mol. The van der Waals surface area contributed by atoms with Crippen molar-refractivity contribution in [3.05, 3.63) is 40.5 Å². The van der Waals surface area contributed by atoms with E-state index in [-0.39, 0.29) is 0 Å². The van der Waals surface area contributed by atoms with E-state index in [9.17, 15) is 0 Å². The highest BCUT2D eigenvalue weighted by Crippen LogP contribution is 2.24. The summed E-state index contributed by atoms with van der Waals surface area (Å²) in [6.45, 7) is 6.40. The van der Waals surface area contributed by atoms with Crippen LogP contribution in [0.2, 0.25) is 0 Å². The topological polar surface area (TPSA) is 41.1 Å². The molecule has 0 aliphatic carbocycles. The van der Waals surface area contributed by atoms with Crippen LogP contribution in [0.5, 0.6) is 0 Å². The molecule has 1 atom stereocenters. The second-order valence-corrected chi connectivity index (χ2v) is 6.94. The van der Waals surface area contributed by atoms with Crippen LogP contribution in [-0.2, 0) is 0 Å². The largest absolute Gasteiger partial charge is 0.340 e. The molecule has 0 saturated carbocycles. The van der Waals surface area contributed by atoms with Crippen LogP contribution < -0.4 is 10.2 Å². The van der Waals surface area contributed by atoms with Crippen LogP contribution in [-0.4, -0.2) is 23.1 Å². The average molecular weight is 361 g/mol. The zero-order valence-corrected chi connectivity index (χ0v) is 14.6. The van der Waals surface area contributed by atoms with Crippen molar-refractivity contribution in [2.75, 3.05) is 23.3 Å². The Morgan fingerprint density at radius 1 is 1.27 bits per heavy atom. The van der Waals surface area contributed by atoms with E-state index in [4.69, 9.17) is 4.98 Å². The van der Waals surface area contributed by atoms with Crippen molar-refractivity contribution >= 4 is 33.4 Å². The van der Waals surface area contributed by atoms with Crippen LogP contribution in [0.25, 0.3) is 0 Å². The molecule has 1 fully saturated rings. The standard InChI is InChI=1S/C17H21BrN4/c1-12-5-4-8-22(11-12)17-19-13(2)9-16(21-17)20-15-7-3-6-14(18)10-15/h3,6-7,9-10,12H,4-5,8,11H2,1-2H3,(H,19,20,21). The molecule has 2 heterocycles. The van der Waals surface area contributed by atoms with E-state index >= 15 is 0 Å². The summed E-state index contributed by atoms with van der Waals surface area (Å²) >= 11 is 3.49. The molecule has 0 bridgehead atoms. The molecule has 1 unspecified atom stereocenters. The first-order chi connectivity index (χ1) is 10.6. The molecular formula is C17H21BrN4. The number of nitrogens with zero attached hydrogens (tertiary/aromatic N) is 3. The maximum Gasteiger partial charge on any atom is 0.227 e. The van der Waals surface area contributed by atoms with E-state index in [0.717, 1.165) is 40.7 Å². The van der Waals surface area contributed by atoms with Crippen LogP contribution in [0.3, 0.4) is 0 Å². The summed E-state index contributed by atoms with van der Waals surface area (Å²) in [5.74, 6) is 2.39. The summed E-state index contributed by atoms with van der Waals surface area (Å²) in [4.78, 5) is 11.6. The van der Waals surface area contributed by atoms with E-state index in [1.54, 1.807) is 0 Å². The molecule has 0 spiro atoms. The SMILES string of the molecule is Cc1cc(Nc2cccc(Br)c2)nc(N2CCCC(C)C2)n1. The molecule has 1 N–H and O–H groups in total. The number of hydrogen-bond donors (Lipinski definition) is 1. The fraction of sp³-hybridized carbons (Fsp3) is 0.412. The quantitative estimate of drug-likeness (QED) is 0.872. The van der Waals surface area contributed by atoms with Gasteiger partial charge in [-0.3, -0.25) is 0 Å². The van der Waals surface area contributed by atoms with Gasteiger partial charge in [-0.1, -0.05) is 28.9 Å².